The van der Waals surface area contributed by atoms with Gasteiger partial charge in [-0.25, -0.2) is 9.59 Å². The van der Waals surface area contributed by atoms with Crippen molar-refractivity contribution in [2.24, 2.45) is 5.92 Å². The second kappa shape index (κ2) is 11.6. The molecule has 8 nitrogen and oxygen atoms in total. The number of nitro groups is 1. The third-order valence-corrected chi connectivity index (χ3v) is 5.18. The van der Waals surface area contributed by atoms with Gasteiger partial charge >= 0.3 is 17.9 Å². The summed E-state index contributed by atoms with van der Waals surface area (Å²) in [6.45, 7) is 5.67. The number of para-hydroxylation sites is 1. The van der Waals surface area contributed by atoms with Gasteiger partial charge in [-0.1, -0.05) is 48.5 Å². The number of nitrogens with one attached hydrogen (secondary N) is 1. The molecular formula is C27H26N3O5+. The topological polar surface area (TPSA) is 103 Å². The molecule has 0 heterocycles. The quantitative estimate of drug-likeness (QED) is 0.248. The zero-order valence-corrected chi connectivity index (χ0v) is 19.8. The highest BCUT2D eigenvalue weighted by molar-refractivity contribution is 5.98. The predicted molar refractivity (Wildman–Crippen MR) is 134 cm³/mol. The molecular weight excluding hydrogens is 446 g/mol. The van der Waals surface area contributed by atoms with Crippen LogP contribution < -0.4 is 5.32 Å². The van der Waals surface area contributed by atoms with Crippen LogP contribution in [0.3, 0.4) is 0 Å². The standard InChI is InChI=1S/C27H25N3O5/c1-4-35-27(32)23-10-7-11-24(30(33)34)25(23)28-16-19-12-14-20(15-13-19)22-9-6-5-8-21(22)17-29-26(31)18(2)3/h5-15,18H,4,16H2,1-3H3/p+1. The molecule has 1 amide bonds. The molecule has 0 unspecified atom stereocenters. The van der Waals surface area contributed by atoms with Crippen molar-refractivity contribution in [2.45, 2.75) is 27.3 Å². The van der Waals surface area contributed by atoms with Crippen molar-refractivity contribution >= 4 is 23.3 Å². The van der Waals surface area contributed by atoms with E-state index in [4.69, 9.17) is 4.74 Å². The lowest BCUT2D eigenvalue weighted by molar-refractivity contribution is -0.384. The number of ether oxygens (including phenoxy) is 1. The molecule has 3 aromatic carbocycles. The molecule has 0 atom stereocenters. The number of anilines is 1. The Hall–Kier alpha value is -4.51. The average Bonchev–Trinajstić information content (AvgIpc) is 2.86. The molecule has 0 bridgehead atoms. The minimum atomic E-state index is -0.625. The zero-order valence-electron chi connectivity index (χ0n) is 19.8. The van der Waals surface area contributed by atoms with E-state index in [0.717, 1.165) is 16.7 Å². The molecule has 8 heteroatoms. The van der Waals surface area contributed by atoms with E-state index in [1.807, 2.05) is 48.5 Å². The first-order valence-corrected chi connectivity index (χ1v) is 11.2. The number of hydrogen-bond donors (Lipinski definition) is 1. The second-order valence-electron chi connectivity index (χ2n) is 7.99. The van der Waals surface area contributed by atoms with Crippen molar-refractivity contribution in [1.29, 1.82) is 0 Å². The molecule has 0 aliphatic carbocycles. The minimum Gasteiger partial charge on any atom is -0.462 e. The van der Waals surface area contributed by atoms with Gasteiger partial charge in [-0.15, -0.1) is 0 Å². The summed E-state index contributed by atoms with van der Waals surface area (Å²) in [7, 11) is 0. The van der Waals surface area contributed by atoms with E-state index in [1.54, 1.807) is 20.8 Å². The van der Waals surface area contributed by atoms with Gasteiger partial charge in [-0.05, 0) is 44.0 Å². The van der Waals surface area contributed by atoms with E-state index < -0.39 is 10.9 Å². The van der Waals surface area contributed by atoms with E-state index in [1.165, 1.54) is 18.2 Å². The third kappa shape index (κ3) is 6.30. The summed E-state index contributed by atoms with van der Waals surface area (Å²) >= 11 is 0. The van der Waals surface area contributed by atoms with Gasteiger partial charge in [0, 0.05) is 23.0 Å². The molecule has 1 N–H and O–H groups in total. The highest BCUT2D eigenvalue weighted by Crippen LogP contribution is 2.30. The lowest BCUT2D eigenvalue weighted by Gasteiger charge is -2.12. The van der Waals surface area contributed by atoms with Crippen LogP contribution in [-0.2, 0) is 16.1 Å². The number of amides is 1. The molecule has 0 radical (unpaired) electrons. The van der Waals surface area contributed by atoms with Gasteiger partial charge in [0.2, 0.25) is 0 Å². The maximum atomic E-state index is 12.3. The fraction of sp³-hybridized carbons (Fsp3) is 0.222. The number of carbonyl (C=O) groups is 2. The lowest BCUT2D eigenvalue weighted by Crippen LogP contribution is -2.11. The van der Waals surface area contributed by atoms with Crippen LogP contribution in [0, 0.1) is 22.1 Å². The first kappa shape index (κ1) is 25.1. The van der Waals surface area contributed by atoms with Gasteiger partial charge in [0.1, 0.15) is 11.3 Å². The van der Waals surface area contributed by atoms with E-state index in [9.17, 15) is 19.7 Å². The monoisotopic (exact) mass is 472 g/mol. The van der Waals surface area contributed by atoms with Gasteiger partial charge < -0.3 is 10.1 Å². The van der Waals surface area contributed by atoms with Crippen LogP contribution in [0.4, 0.5) is 11.4 Å². The van der Waals surface area contributed by atoms with Crippen molar-refractivity contribution in [1.82, 2.24) is 0 Å². The number of rotatable bonds is 8. The first-order chi connectivity index (χ1) is 16.8. The van der Waals surface area contributed by atoms with Gasteiger partial charge in [-0.3, -0.25) is 10.1 Å². The highest BCUT2D eigenvalue weighted by Gasteiger charge is 2.22. The Kier molecular flexibility index (Phi) is 8.30. The van der Waals surface area contributed by atoms with Crippen molar-refractivity contribution in [3.8, 4) is 17.2 Å². The number of nitro benzene ring substituents is 1. The van der Waals surface area contributed by atoms with Crippen LogP contribution in [0.15, 0.2) is 66.7 Å². The summed E-state index contributed by atoms with van der Waals surface area (Å²) in [5, 5.41) is 14.5. The minimum absolute atomic E-state index is 0.109. The summed E-state index contributed by atoms with van der Waals surface area (Å²) in [5.41, 5.74) is 3.35. The summed E-state index contributed by atoms with van der Waals surface area (Å²) in [4.78, 5) is 39.1. The number of benzene rings is 3. The number of esters is 1. The van der Waals surface area contributed by atoms with Crippen LogP contribution in [0.2, 0.25) is 0 Å². The molecule has 0 saturated carbocycles. The van der Waals surface area contributed by atoms with Crippen LogP contribution >= 0.6 is 0 Å². The Morgan fingerprint density at radius 2 is 1.77 bits per heavy atom. The van der Waals surface area contributed by atoms with Crippen molar-refractivity contribution in [3.05, 3.63) is 98.4 Å². The van der Waals surface area contributed by atoms with Gasteiger partial charge in [0.25, 0.3) is 5.69 Å². The molecule has 35 heavy (non-hydrogen) atoms. The normalized spacial score (nSPS) is 10.3. The maximum absolute atomic E-state index is 12.3. The smallest absolute Gasteiger partial charge is 0.462 e. The maximum Gasteiger partial charge on any atom is 0.517 e. The SMILES string of the molecule is CCOC(=O)c1cccc([N+](=O)[O-])c1NCc1ccc(-c2ccccc2C#[N+]C(=O)C(C)C)cc1. The Morgan fingerprint density at radius 3 is 2.43 bits per heavy atom. The van der Waals surface area contributed by atoms with Crippen LogP contribution in [0.5, 0.6) is 0 Å². The van der Waals surface area contributed by atoms with Crippen molar-refractivity contribution in [3.63, 3.8) is 0 Å². The number of hydrogen-bond acceptors (Lipinski definition) is 6. The largest absolute Gasteiger partial charge is 0.517 e. The Balaban J connectivity index is 1.84. The summed E-state index contributed by atoms with van der Waals surface area (Å²) < 4.78 is 5.04. The molecule has 0 aliphatic rings. The van der Waals surface area contributed by atoms with Gasteiger partial charge in [-0.2, -0.15) is 0 Å². The molecule has 3 aromatic rings. The van der Waals surface area contributed by atoms with Gasteiger partial charge in [0.15, 0.2) is 0 Å². The van der Waals surface area contributed by atoms with E-state index in [2.05, 4.69) is 16.2 Å². The fourth-order valence-electron chi connectivity index (χ4n) is 3.33. The van der Waals surface area contributed by atoms with Crippen LogP contribution in [0.25, 0.3) is 16.0 Å². The van der Waals surface area contributed by atoms with E-state index in [-0.39, 0.29) is 41.9 Å². The molecule has 178 valence electrons. The molecule has 0 aromatic heterocycles. The lowest BCUT2D eigenvalue weighted by atomic mass is 9.99. The number of carbonyl (C=O) groups excluding carboxylic acids is 2. The predicted octanol–water partition coefficient (Wildman–Crippen LogP) is 5.91. The summed E-state index contributed by atoms with van der Waals surface area (Å²) in [6, 6.07) is 22.2. The highest BCUT2D eigenvalue weighted by atomic mass is 16.6. The molecule has 0 aliphatic heterocycles. The van der Waals surface area contributed by atoms with Gasteiger partial charge in [0.05, 0.1) is 23.0 Å². The number of nitrogens with zero attached hydrogens (tertiary/aromatic N) is 2. The second-order valence-corrected chi connectivity index (χ2v) is 7.99. The van der Waals surface area contributed by atoms with Crippen LogP contribution in [-0.4, -0.2) is 23.4 Å². The Morgan fingerprint density at radius 1 is 1.06 bits per heavy atom. The third-order valence-electron chi connectivity index (χ3n) is 5.18. The van der Waals surface area contributed by atoms with Crippen molar-refractivity contribution < 1.29 is 19.2 Å². The fourth-order valence-corrected chi connectivity index (χ4v) is 3.33. The Bertz CT molecular complexity index is 1300. The zero-order chi connectivity index (χ0) is 25.4. The summed E-state index contributed by atoms with van der Waals surface area (Å²) in [6.07, 6.45) is 0. The van der Waals surface area contributed by atoms with Crippen molar-refractivity contribution in [2.75, 3.05) is 11.9 Å². The molecule has 0 saturated heterocycles. The van der Waals surface area contributed by atoms with Crippen LogP contribution in [0.1, 0.15) is 42.3 Å². The first-order valence-electron chi connectivity index (χ1n) is 11.2. The Labute approximate surface area is 203 Å². The molecule has 0 spiro atoms. The average molecular weight is 473 g/mol. The van der Waals surface area contributed by atoms with E-state index >= 15 is 0 Å². The molecule has 0 fully saturated rings. The summed E-state index contributed by atoms with van der Waals surface area (Å²) in [5.74, 6) is -1.07. The van der Waals surface area contributed by atoms with E-state index in [0.29, 0.717) is 5.56 Å². The molecule has 3 rings (SSSR count).